The maximum Gasteiger partial charge on any atom is 0.404 e. The number of benzene rings is 2. The van der Waals surface area contributed by atoms with Crippen LogP contribution in [-0.2, 0) is 28.9 Å². The van der Waals surface area contributed by atoms with Gasteiger partial charge in [-0.1, -0.05) is 74.5 Å². The molecule has 4 rings (SSSR count). The lowest BCUT2D eigenvalue weighted by molar-refractivity contribution is -0.124. The lowest BCUT2D eigenvalue weighted by Gasteiger charge is -2.30. The summed E-state index contributed by atoms with van der Waals surface area (Å²) in [4.78, 5) is 47.6. The first-order chi connectivity index (χ1) is 23.2. The molecule has 1 fully saturated rings. The van der Waals surface area contributed by atoms with Crippen LogP contribution in [-0.4, -0.2) is 95.9 Å². The SMILES string of the molecule is CC(C)c1nc(CN(C)C(=O)N[C@@H](CCN2CCOCC2)C(=O)N[C@H](CC[C@H](Cc2ccccc2)NC(=O)O)Cc2ccccc2)cs1. The molecular weight excluding hydrogens is 629 g/mol. The largest absolute Gasteiger partial charge is 0.465 e. The van der Waals surface area contributed by atoms with E-state index in [-0.39, 0.29) is 24.0 Å². The maximum atomic E-state index is 14.0. The van der Waals surface area contributed by atoms with E-state index in [4.69, 9.17) is 4.74 Å². The third-order valence-electron chi connectivity index (χ3n) is 8.45. The molecule has 260 valence electrons. The number of rotatable bonds is 17. The molecule has 0 unspecified atom stereocenters. The van der Waals surface area contributed by atoms with Gasteiger partial charge in [-0.15, -0.1) is 11.3 Å². The van der Waals surface area contributed by atoms with Gasteiger partial charge in [0.1, 0.15) is 6.04 Å². The van der Waals surface area contributed by atoms with Gasteiger partial charge < -0.3 is 30.7 Å². The summed E-state index contributed by atoms with van der Waals surface area (Å²) in [6.07, 6.45) is 1.55. The number of urea groups is 1. The number of aromatic nitrogens is 1. The van der Waals surface area contributed by atoms with E-state index in [0.29, 0.717) is 64.3 Å². The summed E-state index contributed by atoms with van der Waals surface area (Å²) >= 11 is 1.59. The van der Waals surface area contributed by atoms with Crippen LogP contribution in [0.4, 0.5) is 9.59 Å². The van der Waals surface area contributed by atoms with Crippen LogP contribution in [0, 0.1) is 0 Å². The summed E-state index contributed by atoms with van der Waals surface area (Å²) in [5.41, 5.74) is 2.91. The van der Waals surface area contributed by atoms with Crippen molar-refractivity contribution in [1.29, 1.82) is 0 Å². The molecule has 0 spiro atoms. The summed E-state index contributed by atoms with van der Waals surface area (Å²) in [6.45, 7) is 8.00. The zero-order valence-electron chi connectivity index (χ0n) is 28.3. The van der Waals surface area contributed by atoms with Gasteiger partial charge in [0, 0.05) is 50.1 Å². The Morgan fingerprint density at radius 2 is 1.48 bits per heavy atom. The van der Waals surface area contributed by atoms with E-state index < -0.39 is 12.1 Å². The molecule has 3 atom stereocenters. The lowest BCUT2D eigenvalue weighted by atomic mass is 9.95. The molecule has 2 heterocycles. The van der Waals surface area contributed by atoms with Crippen molar-refractivity contribution in [2.24, 2.45) is 0 Å². The molecule has 1 aliphatic heterocycles. The van der Waals surface area contributed by atoms with Crippen molar-refractivity contribution in [2.45, 2.75) is 76.5 Å². The number of carbonyl (C=O) groups excluding carboxylic acids is 2. The van der Waals surface area contributed by atoms with E-state index in [2.05, 4.69) is 39.7 Å². The molecule has 11 nitrogen and oxygen atoms in total. The van der Waals surface area contributed by atoms with Crippen molar-refractivity contribution in [2.75, 3.05) is 39.9 Å². The Labute approximate surface area is 288 Å². The van der Waals surface area contributed by atoms with E-state index in [1.54, 1.807) is 23.3 Å². The molecule has 3 aromatic rings. The first-order valence-corrected chi connectivity index (χ1v) is 17.7. The molecule has 0 aliphatic carbocycles. The monoisotopic (exact) mass is 678 g/mol. The Morgan fingerprint density at radius 1 is 0.896 bits per heavy atom. The maximum absolute atomic E-state index is 14.0. The van der Waals surface area contributed by atoms with Crippen molar-refractivity contribution < 1.29 is 24.2 Å². The fourth-order valence-electron chi connectivity index (χ4n) is 5.77. The first-order valence-electron chi connectivity index (χ1n) is 16.8. The second kappa shape index (κ2) is 19.1. The molecule has 0 saturated carbocycles. The lowest BCUT2D eigenvalue weighted by Crippen LogP contribution is -2.54. The third kappa shape index (κ3) is 12.6. The zero-order valence-corrected chi connectivity index (χ0v) is 29.1. The highest BCUT2D eigenvalue weighted by Crippen LogP contribution is 2.20. The topological polar surface area (TPSA) is 136 Å². The normalized spacial score (nSPS) is 15.3. The van der Waals surface area contributed by atoms with E-state index in [9.17, 15) is 19.5 Å². The third-order valence-corrected chi connectivity index (χ3v) is 9.64. The second-order valence-electron chi connectivity index (χ2n) is 12.7. The van der Waals surface area contributed by atoms with Gasteiger partial charge in [0.05, 0.1) is 30.5 Å². The number of carboxylic acid groups (broad SMARTS) is 1. The predicted octanol–water partition coefficient (Wildman–Crippen LogP) is 4.89. The van der Waals surface area contributed by atoms with Gasteiger partial charge in [0.25, 0.3) is 0 Å². The average Bonchev–Trinajstić information content (AvgIpc) is 3.55. The van der Waals surface area contributed by atoms with Gasteiger partial charge in [-0.3, -0.25) is 9.69 Å². The zero-order chi connectivity index (χ0) is 34.3. The van der Waals surface area contributed by atoms with Crippen LogP contribution < -0.4 is 16.0 Å². The highest BCUT2D eigenvalue weighted by Gasteiger charge is 2.27. The molecule has 2 aromatic carbocycles. The Balaban J connectivity index is 1.46. The van der Waals surface area contributed by atoms with Gasteiger partial charge in [0.15, 0.2) is 0 Å². The summed E-state index contributed by atoms with van der Waals surface area (Å²) in [5.74, 6) is 0.0565. The fraction of sp³-hybridized carbons (Fsp3) is 0.500. The number of hydrogen-bond acceptors (Lipinski definition) is 7. The van der Waals surface area contributed by atoms with Crippen LogP contribution in [0.1, 0.15) is 60.9 Å². The van der Waals surface area contributed by atoms with Crippen LogP contribution in [0.15, 0.2) is 66.0 Å². The molecule has 1 aromatic heterocycles. The van der Waals surface area contributed by atoms with E-state index in [1.165, 1.54) is 0 Å². The average molecular weight is 679 g/mol. The molecule has 1 saturated heterocycles. The molecule has 1 aliphatic rings. The van der Waals surface area contributed by atoms with Crippen molar-refractivity contribution in [3.63, 3.8) is 0 Å². The number of nitrogens with one attached hydrogen (secondary N) is 3. The predicted molar refractivity (Wildman–Crippen MR) is 188 cm³/mol. The minimum absolute atomic E-state index is 0.257. The minimum atomic E-state index is -1.08. The van der Waals surface area contributed by atoms with Gasteiger partial charge in [-0.25, -0.2) is 14.6 Å². The van der Waals surface area contributed by atoms with Gasteiger partial charge >= 0.3 is 12.1 Å². The van der Waals surface area contributed by atoms with Crippen molar-refractivity contribution in [3.8, 4) is 0 Å². The van der Waals surface area contributed by atoms with Crippen molar-refractivity contribution >= 4 is 29.4 Å². The smallest absolute Gasteiger partial charge is 0.404 e. The second-order valence-corrected chi connectivity index (χ2v) is 13.6. The number of carbonyl (C=O) groups is 3. The Morgan fingerprint density at radius 3 is 2.02 bits per heavy atom. The molecule has 4 N–H and O–H groups in total. The van der Waals surface area contributed by atoms with Crippen molar-refractivity contribution in [3.05, 3.63) is 87.9 Å². The standard InChI is InChI=1S/C36H50N6O5S/c1-26(2)34-38-31(25-48-34)24-41(3)35(44)40-32(16-17-42-18-20-47-21-19-42)33(43)37-29(22-27-10-6-4-7-11-27)14-15-30(39-36(45)46)23-28-12-8-5-9-13-28/h4-13,25-26,29-30,32,39H,14-24H2,1-3H3,(H,37,43)(H,40,44)(H,45,46)/t29-,30-,32+/m1/s1. The van der Waals surface area contributed by atoms with Crippen LogP contribution in [0.3, 0.4) is 0 Å². The van der Waals surface area contributed by atoms with Gasteiger partial charge in [0.2, 0.25) is 5.91 Å². The van der Waals surface area contributed by atoms with Gasteiger partial charge in [-0.2, -0.15) is 0 Å². The molecule has 48 heavy (non-hydrogen) atoms. The quantitative estimate of drug-likeness (QED) is 0.160. The fourth-order valence-corrected chi connectivity index (χ4v) is 6.59. The Kier molecular flexibility index (Phi) is 14.7. The van der Waals surface area contributed by atoms with Crippen LogP contribution in [0.2, 0.25) is 0 Å². The summed E-state index contributed by atoms with van der Waals surface area (Å²) in [7, 11) is 1.71. The molecule has 4 amide bonds. The number of nitrogens with zero attached hydrogens (tertiary/aromatic N) is 3. The molecule has 12 heteroatoms. The Hall–Kier alpha value is -4.00. The Bertz CT molecular complexity index is 1420. The minimum Gasteiger partial charge on any atom is -0.465 e. The van der Waals surface area contributed by atoms with E-state index >= 15 is 0 Å². The first kappa shape index (κ1) is 36.8. The van der Waals surface area contributed by atoms with E-state index in [0.717, 1.165) is 34.9 Å². The summed E-state index contributed by atoms with van der Waals surface area (Å²) < 4.78 is 5.50. The highest BCUT2D eigenvalue weighted by molar-refractivity contribution is 7.09. The van der Waals surface area contributed by atoms with Crippen molar-refractivity contribution in [1.82, 2.24) is 30.7 Å². The van der Waals surface area contributed by atoms with Gasteiger partial charge in [-0.05, 0) is 43.2 Å². The number of morpholine rings is 1. The summed E-state index contributed by atoms with van der Waals surface area (Å²) in [6, 6.07) is 18.0. The molecule has 0 bridgehead atoms. The number of hydrogen-bond donors (Lipinski definition) is 4. The highest BCUT2D eigenvalue weighted by atomic mass is 32.1. The van der Waals surface area contributed by atoms with E-state index in [1.807, 2.05) is 66.0 Å². The molecular formula is C36H50N6O5S. The summed E-state index contributed by atoms with van der Waals surface area (Å²) in [5, 5.41) is 21.5. The number of amides is 4. The van der Waals surface area contributed by atoms with Crippen LogP contribution in [0.5, 0.6) is 0 Å². The molecule has 0 radical (unpaired) electrons. The number of thiazole rings is 1. The van der Waals surface area contributed by atoms with Crippen LogP contribution in [0.25, 0.3) is 0 Å². The number of ether oxygens (including phenoxy) is 1. The van der Waals surface area contributed by atoms with Crippen LogP contribution >= 0.6 is 11.3 Å².